The first-order valence-corrected chi connectivity index (χ1v) is 7.25. The van der Waals surface area contributed by atoms with Gasteiger partial charge in [0.05, 0.1) is 0 Å². The van der Waals surface area contributed by atoms with Gasteiger partial charge >= 0.3 is 0 Å². The maximum atomic E-state index is 9.96. The van der Waals surface area contributed by atoms with Crippen LogP contribution in [0.1, 0.15) is 37.4 Å². The summed E-state index contributed by atoms with van der Waals surface area (Å²) >= 11 is 0. The standard InChI is InChI=1S/C16H26N2O/c1-5-18(12(2)11-17(3)4)15-10-9-14-13(15)7-6-8-16(14)19/h6-8,12,15,19H,5,9-11H2,1-4H3. The molecule has 0 amide bonds. The van der Waals surface area contributed by atoms with Crippen LogP contribution >= 0.6 is 0 Å². The van der Waals surface area contributed by atoms with Crippen molar-refractivity contribution in [3.8, 4) is 5.75 Å². The van der Waals surface area contributed by atoms with Crippen LogP contribution in [-0.4, -0.2) is 48.1 Å². The van der Waals surface area contributed by atoms with Gasteiger partial charge in [-0.05, 0) is 57.6 Å². The molecule has 1 aromatic carbocycles. The highest BCUT2D eigenvalue weighted by Crippen LogP contribution is 2.40. The van der Waals surface area contributed by atoms with Crippen molar-refractivity contribution in [3.05, 3.63) is 29.3 Å². The van der Waals surface area contributed by atoms with Gasteiger partial charge in [-0.2, -0.15) is 0 Å². The first kappa shape index (κ1) is 14.4. The Balaban J connectivity index is 2.21. The lowest BCUT2D eigenvalue weighted by molar-refractivity contribution is 0.127. The summed E-state index contributed by atoms with van der Waals surface area (Å²) in [5, 5.41) is 9.96. The van der Waals surface area contributed by atoms with Crippen molar-refractivity contribution in [2.75, 3.05) is 27.2 Å². The third-order valence-electron chi connectivity index (χ3n) is 4.18. The number of hydrogen-bond acceptors (Lipinski definition) is 3. The highest BCUT2D eigenvalue weighted by Gasteiger charge is 2.31. The van der Waals surface area contributed by atoms with Gasteiger partial charge in [-0.15, -0.1) is 0 Å². The van der Waals surface area contributed by atoms with Crippen LogP contribution in [0.2, 0.25) is 0 Å². The Morgan fingerprint density at radius 1 is 1.37 bits per heavy atom. The molecule has 0 aliphatic heterocycles. The molecular weight excluding hydrogens is 236 g/mol. The number of phenolic OH excluding ortho intramolecular Hbond substituents is 1. The van der Waals surface area contributed by atoms with E-state index in [2.05, 4.69) is 43.8 Å². The SMILES string of the molecule is CCN(C(C)CN(C)C)C1CCc2c(O)cccc21. The molecule has 0 aromatic heterocycles. The molecule has 0 fully saturated rings. The van der Waals surface area contributed by atoms with Gasteiger partial charge in [-0.1, -0.05) is 19.1 Å². The summed E-state index contributed by atoms with van der Waals surface area (Å²) in [6, 6.07) is 6.94. The van der Waals surface area contributed by atoms with Gasteiger partial charge in [0.1, 0.15) is 5.75 Å². The highest BCUT2D eigenvalue weighted by molar-refractivity contribution is 5.44. The van der Waals surface area contributed by atoms with Crippen molar-refractivity contribution >= 4 is 0 Å². The monoisotopic (exact) mass is 262 g/mol. The van der Waals surface area contributed by atoms with E-state index in [0.29, 0.717) is 17.8 Å². The first-order valence-electron chi connectivity index (χ1n) is 7.25. The molecule has 0 saturated carbocycles. The average Bonchev–Trinajstić information content (AvgIpc) is 2.75. The van der Waals surface area contributed by atoms with Crippen LogP contribution in [0.25, 0.3) is 0 Å². The van der Waals surface area contributed by atoms with Gasteiger partial charge in [0.15, 0.2) is 0 Å². The zero-order chi connectivity index (χ0) is 14.0. The van der Waals surface area contributed by atoms with Crippen LogP contribution in [0.4, 0.5) is 0 Å². The Labute approximate surface area is 116 Å². The molecule has 1 N–H and O–H groups in total. The Morgan fingerprint density at radius 2 is 2.11 bits per heavy atom. The molecule has 1 aromatic rings. The average molecular weight is 262 g/mol. The number of fused-ring (bicyclic) bond motifs is 1. The predicted molar refractivity (Wildman–Crippen MR) is 79.6 cm³/mol. The second-order valence-electron chi connectivity index (χ2n) is 5.84. The van der Waals surface area contributed by atoms with Gasteiger partial charge in [-0.3, -0.25) is 4.90 Å². The number of rotatable bonds is 5. The van der Waals surface area contributed by atoms with Crippen LogP contribution < -0.4 is 0 Å². The van der Waals surface area contributed by atoms with Gasteiger partial charge in [-0.25, -0.2) is 0 Å². The summed E-state index contributed by atoms with van der Waals surface area (Å²) < 4.78 is 0. The zero-order valence-electron chi connectivity index (χ0n) is 12.6. The van der Waals surface area contributed by atoms with Crippen molar-refractivity contribution in [2.24, 2.45) is 0 Å². The lowest BCUT2D eigenvalue weighted by Gasteiger charge is -2.35. The molecule has 0 saturated heterocycles. The maximum absolute atomic E-state index is 9.96. The van der Waals surface area contributed by atoms with E-state index in [4.69, 9.17) is 0 Å². The van der Waals surface area contributed by atoms with E-state index in [1.165, 1.54) is 5.56 Å². The Kier molecular flexibility index (Phi) is 4.48. The molecule has 0 spiro atoms. The number of likely N-dealkylation sites (N-methyl/N-ethyl adjacent to an activating group) is 2. The second-order valence-corrected chi connectivity index (χ2v) is 5.84. The fourth-order valence-corrected chi connectivity index (χ4v) is 3.43. The van der Waals surface area contributed by atoms with E-state index in [0.717, 1.165) is 31.5 Å². The third-order valence-corrected chi connectivity index (χ3v) is 4.18. The lowest BCUT2D eigenvalue weighted by atomic mass is 10.0. The Morgan fingerprint density at radius 3 is 2.74 bits per heavy atom. The molecule has 3 nitrogen and oxygen atoms in total. The van der Waals surface area contributed by atoms with Crippen LogP contribution in [0, 0.1) is 0 Å². The minimum atomic E-state index is 0.460. The lowest BCUT2D eigenvalue weighted by Crippen LogP contribution is -2.41. The predicted octanol–water partition coefficient (Wildman–Crippen LogP) is 2.65. The largest absolute Gasteiger partial charge is 0.508 e. The maximum Gasteiger partial charge on any atom is 0.119 e. The summed E-state index contributed by atoms with van der Waals surface area (Å²) in [6.07, 6.45) is 2.12. The number of aromatic hydroxyl groups is 1. The van der Waals surface area contributed by atoms with Crippen LogP contribution in [0.5, 0.6) is 5.75 Å². The minimum absolute atomic E-state index is 0.460. The molecule has 106 valence electrons. The van der Waals surface area contributed by atoms with Crippen molar-refractivity contribution in [2.45, 2.75) is 38.8 Å². The van der Waals surface area contributed by atoms with Crippen molar-refractivity contribution in [1.82, 2.24) is 9.80 Å². The van der Waals surface area contributed by atoms with E-state index in [1.807, 2.05) is 6.07 Å². The minimum Gasteiger partial charge on any atom is -0.508 e. The van der Waals surface area contributed by atoms with E-state index < -0.39 is 0 Å². The van der Waals surface area contributed by atoms with Crippen molar-refractivity contribution < 1.29 is 5.11 Å². The topological polar surface area (TPSA) is 26.7 Å². The molecule has 1 aliphatic rings. The summed E-state index contributed by atoms with van der Waals surface area (Å²) in [4.78, 5) is 4.80. The van der Waals surface area contributed by atoms with E-state index >= 15 is 0 Å². The quantitative estimate of drug-likeness (QED) is 0.883. The molecule has 19 heavy (non-hydrogen) atoms. The van der Waals surface area contributed by atoms with Gasteiger partial charge in [0, 0.05) is 18.6 Å². The molecule has 2 unspecified atom stereocenters. The van der Waals surface area contributed by atoms with E-state index in [9.17, 15) is 5.11 Å². The van der Waals surface area contributed by atoms with Crippen molar-refractivity contribution in [3.63, 3.8) is 0 Å². The molecular formula is C16H26N2O. The van der Waals surface area contributed by atoms with E-state index in [-0.39, 0.29) is 0 Å². The van der Waals surface area contributed by atoms with Crippen molar-refractivity contribution in [1.29, 1.82) is 0 Å². The van der Waals surface area contributed by atoms with E-state index in [1.54, 1.807) is 6.07 Å². The van der Waals surface area contributed by atoms with Gasteiger partial charge in [0.25, 0.3) is 0 Å². The third kappa shape index (κ3) is 2.93. The molecule has 3 heteroatoms. The molecule has 0 heterocycles. The number of nitrogens with zero attached hydrogens (tertiary/aromatic N) is 2. The summed E-state index contributed by atoms with van der Waals surface area (Å²) in [6.45, 7) is 6.64. The summed E-state index contributed by atoms with van der Waals surface area (Å²) in [7, 11) is 4.25. The number of phenols is 1. The molecule has 2 atom stereocenters. The van der Waals surface area contributed by atoms with Crippen LogP contribution in [0.15, 0.2) is 18.2 Å². The van der Waals surface area contributed by atoms with Crippen LogP contribution in [0.3, 0.4) is 0 Å². The highest BCUT2D eigenvalue weighted by atomic mass is 16.3. The zero-order valence-corrected chi connectivity index (χ0v) is 12.6. The fraction of sp³-hybridized carbons (Fsp3) is 0.625. The fourth-order valence-electron chi connectivity index (χ4n) is 3.43. The number of hydrogen-bond donors (Lipinski definition) is 1. The molecule has 1 aliphatic carbocycles. The summed E-state index contributed by atoms with van der Waals surface area (Å²) in [5.74, 6) is 0.469. The molecule has 2 rings (SSSR count). The van der Waals surface area contributed by atoms with Gasteiger partial charge < -0.3 is 10.0 Å². The molecule has 0 radical (unpaired) electrons. The normalized spacial score (nSPS) is 20.0. The van der Waals surface area contributed by atoms with Crippen LogP contribution in [-0.2, 0) is 6.42 Å². The second kappa shape index (κ2) is 5.93. The summed E-state index contributed by atoms with van der Waals surface area (Å²) in [5.41, 5.74) is 2.48. The smallest absolute Gasteiger partial charge is 0.119 e. The molecule has 0 bridgehead atoms. The Hall–Kier alpha value is -1.06. The van der Waals surface area contributed by atoms with Gasteiger partial charge in [0.2, 0.25) is 0 Å². The Bertz CT molecular complexity index is 431. The first-order chi connectivity index (χ1) is 9.04. The number of benzene rings is 1.